The minimum atomic E-state index is -1.04. The first-order chi connectivity index (χ1) is 17.8. The van der Waals surface area contributed by atoms with Crippen molar-refractivity contribution in [2.45, 2.75) is 43.6 Å². The van der Waals surface area contributed by atoms with Crippen molar-refractivity contribution in [2.75, 3.05) is 5.32 Å². The number of anilines is 2. The number of ether oxygens (including phenoxy) is 2. The standard InChI is InChI=1S/C32H27NO3/c34-31-29-26(33-22-13-5-2-6-14-22)20-19-23(21-11-3-1-4-12-21)30(29)32(36-31)24-15-7-9-17-27(24)35-28-18-10-8-16-25(28)32/h2,5-10,13-21,33H,1,3-4,11-12H2. The molecule has 7 rings (SSSR count). The van der Waals surface area contributed by atoms with Crippen molar-refractivity contribution in [2.24, 2.45) is 0 Å². The summed E-state index contributed by atoms with van der Waals surface area (Å²) in [5.41, 5.74) is 5.26. The van der Waals surface area contributed by atoms with Crippen LogP contribution in [0.3, 0.4) is 0 Å². The van der Waals surface area contributed by atoms with Crippen LogP contribution < -0.4 is 10.1 Å². The number of nitrogens with one attached hydrogen (secondary N) is 1. The average molecular weight is 474 g/mol. The van der Waals surface area contributed by atoms with Gasteiger partial charge in [-0.15, -0.1) is 0 Å². The fourth-order valence-corrected chi connectivity index (χ4v) is 6.32. The number of fused-ring (bicyclic) bond motifs is 6. The van der Waals surface area contributed by atoms with Gasteiger partial charge < -0.3 is 14.8 Å². The van der Waals surface area contributed by atoms with Crippen molar-refractivity contribution in [1.29, 1.82) is 0 Å². The van der Waals surface area contributed by atoms with Gasteiger partial charge in [-0.05, 0) is 54.7 Å². The zero-order chi connectivity index (χ0) is 24.1. The van der Waals surface area contributed by atoms with Gasteiger partial charge in [0.2, 0.25) is 0 Å². The fourth-order valence-electron chi connectivity index (χ4n) is 6.32. The first kappa shape index (κ1) is 21.3. The molecule has 4 nitrogen and oxygen atoms in total. The summed E-state index contributed by atoms with van der Waals surface area (Å²) in [5.74, 6) is 1.56. The summed E-state index contributed by atoms with van der Waals surface area (Å²) in [7, 11) is 0. The Morgan fingerprint density at radius 2 is 1.36 bits per heavy atom. The molecule has 0 atom stereocenters. The zero-order valence-electron chi connectivity index (χ0n) is 20.0. The van der Waals surface area contributed by atoms with E-state index in [-0.39, 0.29) is 5.97 Å². The van der Waals surface area contributed by atoms with E-state index in [1.807, 2.05) is 78.9 Å². The van der Waals surface area contributed by atoms with Gasteiger partial charge in [0.15, 0.2) is 5.60 Å². The highest BCUT2D eigenvalue weighted by Crippen LogP contribution is 2.59. The zero-order valence-corrected chi connectivity index (χ0v) is 20.0. The Hall–Kier alpha value is -4.05. The van der Waals surface area contributed by atoms with Crippen molar-refractivity contribution in [3.05, 3.63) is 119 Å². The second-order valence-corrected chi connectivity index (χ2v) is 9.94. The van der Waals surface area contributed by atoms with Gasteiger partial charge in [0.25, 0.3) is 0 Å². The molecule has 2 aliphatic heterocycles. The van der Waals surface area contributed by atoms with Crippen LogP contribution in [0.25, 0.3) is 0 Å². The molecule has 3 aliphatic rings. The van der Waals surface area contributed by atoms with Crippen LogP contribution >= 0.6 is 0 Å². The Balaban J connectivity index is 1.53. The van der Waals surface area contributed by atoms with Crippen LogP contribution in [-0.2, 0) is 10.3 Å². The van der Waals surface area contributed by atoms with Crippen molar-refractivity contribution >= 4 is 17.3 Å². The van der Waals surface area contributed by atoms with E-state index in [2.05, 4.69) is 17.4 Å². The lowest BCUT2D eigenvalue weighted by molar-refractivity contribution is 0.0222. The Labute approximate surface area is 210 Å². The topological polar surface area (TPSA) is 47.6 Å². The normalized spacial score (nSPS) is 17.5. The highest BCUT2D eigenvalue weighted by Gasteiger charge is 2.55. The molecule has 0 radical (unpaired) electrons. The van der Waals surface area contributed by atoms with Gasteiger partial charge in [0.1, 0.15) is 11.5 Å². The highest BCUT2D eigenvalue weighted by atomic mass is 16.6. The Morgan fingerprint density at radius 3 is 2.06 bits per heavy atom. The lowest BCUT2D eigenvalue weighted by atomic mass is 9.71. The minimum absolute atomic E-state index is 0.299. The number of benzene rings is 4. The van der Waals surface area contributed by atoms with Crippen LogP contribution in [0.1, 0.15) is 70.6 Å². The number of rotatable bonds is 3. The van der Waals surface area contributed by atoms with Crippen LogP contribution in [0.15, 0.2) is 91.0 Å². The maximum Gasteiger partial charge on any atom is 0.342 e. The first-order valence-electron chi connectivity index (χ1n) is 12.9. The van der Waals surface area contributed by atoms with E-state index in [1.54, 1.807) is 0 Å². The lowest BCUT2D eigenvalue weighted by Gasteiger charge is -2.38. The van der Waals surface area contributed by atoms with Gasteiger partial charge >= 0.3 is 5.97 Å². The first-order valence-corrected chi connectivity index (χ1v) is 12.9. The summed E-state index contributed by atoms with van der Waals surface area (Å²) in [6.07, 6.45) is 5.94. The van der Waals surface area contributed by atoms with E-state index >= 15 is 0 Å². The molecular formula is C32H27NO3. The number of hydrogen-bond acceptors (Lipinski definition) is 4. The van der Waals surface area contributed by atoms with Gasteiger partial charge in [-0.2, -0.15) is 0 Å². The fraction of sp³-hybridized carbons (Fsp3) is 0.219. The molecule has 1 saturated carbocycles. The quantitative estimate of drug-likeness (QED) is 0.306. The molecule has 0 amide bonds. The molecule has 0 unspecified atom stereocenters. The number of carbonyl (C=O) groups excluding carboxylic acids is 1. The Morgan fingerprint density at radius 1 is 0.722 bits per heavy atom. The van der Waals surface area contributed by atoms with Gasteiger partial charge in [-0.1, -0.05) is 79.9 Å². The predicted molar refractivity (Wildman–Crippen MR) is 140 cm³/mol. The third-order valence-electron chi connectivity index (χ3n) is 7.89. The van der Waals surface area contributed by atoms with E-state index in [4.69, 9.17) is 9.47 Å². The number of carbonyl (C=O) groups is 1. The lowest BCUT2D eigenvalue weighted by Crippen LogP contribution is -2.34. The van der Waals surface area contributed by atoms with E-state index in [0.29, 0.717) is 11.5 Å². The van der Waals surface area contributed by atoms with E-state index in [1.165, 1.54) is 24.8 Å². The molecule has 1 spiro atoms. The van der Waals surface area contributed by atoms with Crippen molar-refractivity contribution in [3.8, 4) is 11.5 Å². The maximum absolute atomic E-state index is 13.9. The Bertz CT molecular complexity index is 1420. The molecule has 4 aromatic rings. The molecular weight excluding hydrogens is 446 g/mol. The van der Waals surface area contributed by atoms with E-state index < -0.39 is 5.60 Å². The average Bonchev–Trinajstić information content (AvgIpc) is 3.24. The third kappa shape index (κ3) is 3.10. The smallest absolute Gasteiger partial charge is 0.342 e. The monoisotopic (exact) mass is 473 g/mol. The molecule has 0 bridgehead atoms. The SMILES string of the molecule is O=C1OC2(c3ccccc3Oc3ccccc32)c2c(C3CCCCC3)ccc(Nc3ccccc3)c21. The summed E-state index contributed by atoms with van der Waals surface area (Å²) in [4.78, 5) is 13.9. The minimum Gasteiger partial charge on any atom is -0.456 e. The number of esters is 1. The highest BCUT2D eigenvalue weighted by molar-refractivity contribution is 6.03. The van der Waals surface area contributed by atoms with Gasteiger partial charge in [-0.3, -0.25) is 0 Å². The Kier molecular flexibility index (Phi) is 4.88. The van der Waals surface area contributed by atoms with Gasteiger partial charge in [-0.25, -0.2) is 4.79 Å². The van der Waals surface area contributed by atoms with Gasteiger partial charge in [0, 0.05) is 22.4 Å². The van der Waals surface area contributed by atoms with Crippen molar-refractivity contribution in [3.63, 3.8) is 0 Å². The summed E-state index contributed by atoms with van der Waals surface area (Å²) in [6, 6.07) is 30.2. The van der Waals surface area contributed by atoms with E-state index in [0.717, 1.165) is 52.4 Å². The molecule has 1 fully saturated rings. The summed E-state index contributed by atoms with van der Waals surface area (Å²) in [6.45, 7) is 0. The van der Waals surface area contributed by atoms with Crippen LogP contribution in [0.4, 0.5) is 11.4 Å². The molecule has 36 heavy (non-hydrogen) atoms. The van der Waals surface area contributed by atoms with Crippen molar-refractivity contribution < 1.29 is 14.3 Å². The molecule has 2 heterocycles. The van der Waals surface area contributed by atoms with Crippen LogP contribution in [-0.4, -0.2) is 5.97 Å². The molecule has 0 aromatic heterocycles. The van der Waals surface area contributed by atoms with Crippen LogP contribution in [0.2, 0.25) is 0 Å². The second-order valence-electron chi connectivity index (χ2n) is 9.94. The number of hydrogen-bond donors (Lipinski definition) is 1. The predicted octanol–water partition coefficient (Wildman–Crippen LogP) is 8.05. The second kappa shape index (κ2) is 8.27. The number of para-hydroxylation sites is 3. The summed E-state index contributed by atoms with van der Waals surface area (Å²) >= 11 is 0. The van der Waals surface area contributed by atoms with Gasteiger partial charge in [0.05, 0.1) is 11.3 Å². The molecule has 4 heteroatoms. The largest absolute Gasteiger partial charge is 0.456 e. The van der Waals surface area contributed by atoms with Crippen LogP contribution in [0, 0.1) is 0 Å². The summed E-state index contributed by atoms with van der Waals surface area (Å²) < 4.78 is 12.9. The molecule has 1 N–H and O–H groups in total. The molecule has 4 aromatic carbocycles. The summed E-state index contributed by atoms with van der Waals surface area (Å²) in [5, 5.41) is 3.50. The van der Waals surface area contributed by atoms with E-state index in [9.17, 15) is 4.79 Å². The molecule has 0 saturated heterocycles. The van der Waals surface area contributed by atoms with Crippen molar-refractivity contribution in [1.82, 2.24) is 0 Å². The molecule has 178 valence electrons. The van der Waals surface area contributed by atoms with Crippen LogP contribution in [0.5, 0.6) is 11.5 Å². The molecule has 1 aliphatic carbocycles. The third-order valence-corrected chi connectivity index (χ3v) is 7.89. The maximum atomic E-state index is 13.9.